The van der Waals surface area contributed by atoms with Crippen molar-refractivity contribution in [3.05, 3.63) is 239 Å². The van der Waals surface area contributed by atoms with Gasteiger partial charge in [0.2, 0.25) is 0 Å². The number of rotatable bonds is 7. The zero-order valence-corrected chi connectivity index (χ0v) is 41.7. The van der Waals surface area contributed by atoms with E-state index in [2.05, 4.69) is 54.6 Å². The second-order valence-corrected chi connectivity index (χ2v) is 19.9. The van der Waals surface area contributed by atoms with Crippen molar-refractivity contribution in [2.45, 2.75) is 40.0 Å². The van der Waals surface area contributed by atoms with Gasteiger partial charge in [-0.25, -0.2) is 0 Å². The van der Waals surface area contributed by atoms with Crippen LogP contribution in [0.3, 0.4) is 0 Å². The molecule has 0 saturated carbocycles. The summed E-state index contributed by atoms with van der Waals surface area (Å²) < 4.78 is 93.5. The molecule has 10 aromatic carbocycles. The normalized spacial score (nSPS) is 12.1. The van der Waals surface area contributed by atoms with Gasteiger partial charge < -0.3 is 9.13 Å². The summed E-state index contributed by atoms with van der Waals surface area (Å²) in [6.07, 6.45) is -10.3. The molecule has 0 amide bonds. The lowest BCUT2D eigenvalue weighted by molar-refractivity contribution is -0.143. The van der Waals surface area contributed by atoms with E-state index in [0.29, 0.717) is 22.1 Å². The fourth-order valence-corrected chi connectivity index (χ4v) is 11.0. The molecule has 3 nitrogen and oxygen atoms in total. The van der Waals surface area contributed by atoms with Gasteiger partial charge >= 0.3 is 12.4 Å². The Bertz CT molecular complexity index is 4150. The first-order chi connectivity index (χ1) is 36.5. The van der Waals surface area contributed by atoms with E-state index in [1.54, 1.807) is 12.1 Å². The summed E-state index contributed by atoms with van der Waals surface area (Å²) in [5.41, 5.74) is 12.1. The lowest BCUT2D eigenvalue weighted by Gasteiger charge is -2.21. The molecule has 2 heterocycles. The third-order valence-electron chi connectivity index (χ3n) is 14.6. The molecule has 2 aromatic heterocycles. The molecule has 0 saturated heterocycles. The van der Waals surface area contributed by atoms with Crippen molar-refractivity contribution in [1.82, 2.24) is 9.13 Å². The van der Waals surface area contributed by atoms with Gasteiger partial charge in [0.25, 0.3) is 0 Å². The zero-order valence-electron chi connectivity index (χ0n) is 41.7. The van der Waals surface area contributed by atoms with Crippen LogP contribution in [0.2, 0.25) is 0 Å². The van der Waals surface area contributed by atoms with Crippen molar-refractivity contribution >= 4 is 43.6 Å². The summed E-state index contributed by atoms with van der Waals surface area (Å²) in [7, 11) is 0. The van der Waals surface area contributed by atoms with Gasteiger partial charge in [-0.2, -0.15) is 31.6 Å². The standard InChI is InChI=1S/C67H45F6N3/c1-39-9-5-13-43(25-39)47-17-21-60-56(31-47)57-32-48(44-14-6-10-40(2)26-44)18-22-61(57)75(60)64-37-55(51-29-53(66(68,69)70)36-54(30-51)67(71,72)73)65(35-52(64)38-74)76-62-23-19-49(45-15-7-11-41(3)27-45)33-58(62)59-34-50(20-24-63(59)76)46-16-8-12-42(4)28-46/h5-37H,1-4H3. The van der Waals surface area contributed by atoms with Gasteiger partial charge in [0, 0.05) is 27.1 Å². The van der Waals surface area contributed by atoms with Crippen molar-refractivity contribution in [3.63, 3.8) is 0 Å². The van der Waals surface area contributed by atoms with Gasteiger partial charge in [0.15, 0.2) is 0 Å². The number of aryl methyl sites for hydroxylation is 4. The van der Waals surface area contributed by atoms with E-state index in [-0.39, 0.29) is 34.1 Å². The lowest BCUT2D eigenvalue weighted by Crippen LogP contribution is -2.11. The molecule has 9 heteroatoms. The van der Waals surface area contributed by atoms with Crippen LogP contribution in [-0.4, -0.2) is 9.13 Å². The first-order valence-electron chi connectivity index (χ1n) is 24.8. The molecular weight excluding hydrogens is 961 g/mol. The highest BCUT2D eigenvalue weighted by Gasteiger charge is 2.38. The maximum Gasteiger partial charge on any atom is 0.416 e. The SMILES string of the molecule is Cc1cccc(-c2ccc3c(c2)c2cc(-c4cccc(C)c4)ccc2n3-c2cc(-c3cc(C(F)(F)F)cc(C(F)(F)F)c3)c(-n3c4ccc(-c5cccc(C)c5)cc4c4cc(-c5cccc(C)c5)ccc43)cc2C#N)c1. The fraction of sp³-hybridized carbons (Fsp3) is 0.0896. The van der Waals surface area contributed by atoms with Gasteiger partial charge in [0.1, 0.15) is 6.07 Å². The van der Waals surface area contributed by atoms with Crippen LogP contribution in [0, 0.1) is 39.0 Å². The number of aromatic nitrogens is 2. The van der Waals surface area contributed by atoms with Crippen molar-refractivity contribution in [2.75, 3.05) is 0 Å². The van der Waals surface area contributed by atoms with Gasteiger partial charge in [-0.3, -0.25) is 0 Å². The van der Waals surface area contributed by atoms with E-state index >= 15 is 0 Å². The number of hydrogen-bond donors (Lipinski definition) is 0. The number of nitriles is 1. The molecule has 0 N–H and O–H groups in total. The first kappa shape index (κ1) is 47.8. The van der Waals surface area contributed by atoms with Crippen LogP contribution < -0.4 is 0 Å². The van der Waals surface area contributed by atoms with E-state index in [4.69, 9.17) is 0 Å². The highest BCUT2D eigenvalue weighted by molar-refractivity contribution is 6.14. The molecule has 0 aliphatic carbocycles. The average molecular weight is 1010 g/mol. The monoisotopic (exact) mass is 1010 g/mol. The highest BCUT2D eigenvalue weighted by atomic mass is 19.4. The third kappa shape index (κ3) is 8.46. The second kappa shape index (κ2) is 18.1. The molecule has 0 bridgehead atoms. The minimum absolute atomic E-state index is 0.0534. The van der Waals surface area contributed by atoms with Crippen molar-refractivity contribution < 1.29 is 26.3 Å². The molecule has 12 aromatic rings. The van der Waals surface area contributed by atoms with Crippen LogP contribution in [0.5, 0.6) is 0 Å². The van der Waals surface area contributed by atoms with Gasteiger partial charge in [-0.05, 0) is 157 Å². The van der Waals surface area contributed by atoms with Crippen molar-refractivity contribution in [3.8, 4) is 73.1 Å². The van der Waals surface area contributed by atoms with Crippen LogP contribution >= 0.6 is 0 Å². The van der Waals surface area contributed by atoms with Gasteiger partial charge in [-0.15, -0.1) is 0 Å². The third-order valence-corrected chi connectivity index (χ3v) is 14.6. The van der Waals surface area contributed by atoms with Gasteiger partial charge in [-0.1, -0.05) is 144 Å². The Morgan fingerprint density at radius 1 is 0.329 bits per heavy atom. The topological polar surface area (TPSA) is 33.6 Å². The molecule has 76 heavy (non-hydrogen) atoms. The summed E-state index contributed by atoms with van der Waals surface area (Å²) >= 11 is 0. The van der Waals surface area contributed by atoms with Crippen molar-refractivity contribution in [2.24, 2.45) is 0 Å². The predicted octanol–water partition coefficient (Wildman–Crippen LogP) is 19.4. The summed E-state index contributed by atoms with van der Waals surface area (Å²) in [6, 6.07) is 63.9. The van der Waals surface area contributed by atoms with Crippen LogP contribution in [0.25, 0.3) is 111 Å². The highest BCUT2D eigenvalue weighted by Crippen LogP contribution is 2.46. The number of fused-ring (bicyclic) bond motifs is 6. The molecular formula is C67H45F6N3. The average Bonchev–Trinajstić information content (AvgIpc) is 3.96. The molecule has 0 spiro atoms. The summed E-state index contributed by atoms with van der Waals surface area (Å²) in [5, 5.41) is 14.7. The maximum absolute atomic E-state index is 15.0. The van der Waals surface area contributed by atoms with E-state index in [0.717, 1.165) is 100 Å². The largest absolute Gasteiger partial charge is 0.416 e. The molecule has 0 radical (unpaired) electrons. The van der Waals surface area contributed by atoms with Crippen LogP contribution in [0.15, 0.2) is 200 Å². The van der Waals surface area contributed by atoms with Crippen LogP contribution in [0.1, 0.15) is 38.9 Å². The molecule has 0 fully saturated rings. The zero-order chi connectivity index (χ0) is 52.8. The van der Waals surface area contributed by atoms with E-state index < -0.39 is 23.5 Å². The Hall–Kier alpha value is -9.13. The smallest absolute Gasteiger partial charge is 0.309 e. The Kier molecular flexibility index (Phi) is 11.4. The molecule has 0 atom stereocenters. The lowest BCUT2D eigenvalue weighted by atomic mass is 9.95. The Labute approximate surface area is 434 Å². The van der Waals surface area contributed by atoms with E-state index in [9.17, 15) is 31.6 Å². The van der Waals surface area contributed by atoms with E-state index in [1.807, 2.05) is 158 Å². The molecule has 0 aliphatic rings. The molecule has 370 valence electrons. The first-order valence-corrected chi connectivity index (χ1v) is 24.8. The number of alkyl halides is 6. The maximum atomic E-state index is 15.0. The number of nitrogens with zero attached hydrogens (tertiary/aromatic N) is 3. The molecule has 0 unspecified atom stereocenters. The summed E-state index contributed by atoms with van der Waals surface area (Å²) in [5.74, 6) is 0. The van der Waals surface area contributed by atoms with Crippen LogP contribution in [0.4, 0.5) is 26.3 Å². The Morgan fingerprint density at radius 3 is 0.947 bits per heavy atom. The van der Waals surface area contributed by atoms with Crippen LogP contribution in [-0.2, 0) is 12.4 Å². The summed E-state index contributed by atoms with van der Waals surface area (Å²) in [6.45, 7) is 8.09. The summed E-state index contributed by atoms with van der Waals surface area (Å²) in [4.78, 5) is 0. The fourth-order valence-electron chi connectivity index (χ4n) is 11.0. The minimum atomic E-state index is -5.13. The number of halogens is 6. The minimum Gasteiger partial charge on any atom is -0.309 e. The molecule has 0 aliphatic heterocycles. The Morgan fingerprint density at radius 2 is 0.645 bits per heavy atom. The quantitative estimate of drug-likeness (QED) is 0.147. The number of hydrogen-bond acceptors (Lipinski definition) is 1. The Balaban J connectivity index is 1.19. The number of benzene rings is 10. The molecule has 12 rings (SSSR count). The van der Waals surface area contributed by atoms with Gasteiger partial charge in [0.05, 0.1) is 50.1 Å². The van der Waals surface area contributed by atoms with Crippen molar-refractivity contribution in [1.29, 1.82) is 5.26 Å². The second-order valence-electron chi connectivity index (χ2n) is 19.9. The predicted molar refractivity (Wildman–Crippen MR) is 296 cm³/mol. The van der Waals surface area contributed by atoms with E-state index in [1.165, 1.54) is 0 Å².